The first-order valence-electron chi connectivity index (χ1n) is 12.8. The van der Waals surface area contributed by atoms with E-state index >= 15 is 0 Å². The van der Waals surface area contributed by atoms with E-state index in [9.17, 15) is 24.3 Å². The third kappa shape index (κ3) is 16.0. The first kappa shape index (κ1) is 36.7. The zero-order valence-corrected chi connectivity index (χ0v) is 25.3. The quantitative estimate of drug-likeness (QED) is 0.0863. The van der Waals surface area contributed by atoms with Gasteiger partial charge < -0.3 is 40.1 Å². The van der Waals surface area contributed by atoms with E-state index in [2.05, 4.69) is 35.7 Å². The van der Waals surface area contributed by atoms with Crippen molar-refractivity contribution in [1.82, 2.24) is 16.0 Å². The van der Waals surface area contributed by atoms with Gasteiger partial charge in [0.25, 0.3) is 0 Å². The summed E-state index contributed by atoms with van der Waals surface area (Å²) in [5.74, 6) is -1.53. The number of hydrogen-bond acceptors (Lipinski definition) is 8. The average Bonchev–Trinajstić information content (AvgIpc) is 2.93. The molecule has 3 amide bonds. The monoisotopic (exact) mass is 567 g/mol. The molecule has 0 unspecified atom stereocenters. The summed E-state index contributed by atoms with van der Waals surface area (Å²) in [6.45, 7) is 12.3. The van der Waals surface area contributed by atoms with E-state index in [0.717, 1.165) is 0 Å². The number of nitrogens with one attached hydrogen (secondary N) is 3. The fourth-order valence-corrected chi connectivity index (χ4v) is 3.12. The van der Waals surface area contributed by atoms with Crippen molar-refractivity contribution < 1.29 is 68.1 Å². The number of ether oxygens (including phenoxy) is 3. The zero-order chi connectivity index (χ0) is 28.9. The second kappa shape index (κ2) is 22.5. The molecule has 11 nitrogen and oxygen atoms in total. The summed E-state index contributed by atoms with van der Waals surface area (Å²) in [5, 5.41) is 19.7. The number of benzene rings is 1. The molecule has 0 saturated carbocycles. The molecule has 1 aromatic rings. The van der Waals surface area contributed by atoms with Gasteiger partial charge in [-0.1, -0.05) is 19.7 Å². The fourth-order valence-electron chi connectivity index (χ4n) is 3.12. The summed E-state index contributed by atoms with van der Waals surface area (Å²) in [7, 11) is 0. The summed E-state index contributed by atoms with van der Waals surface area (Å²) < 4.78 is 17.7. The maximum Gasteiger partial charge on any atom is 1.00 e. The van der Waals surface area contributed by atoms with Gasteiger partial charge in [0, 0.05) is 25.2 Å². The normalized spacial score (nSPS) is 9.80. The molecule has 214 valence electrons. The van der Waals surface area contributed by atoms with Crippen LogP contribution < -0.4 is 64.8 Å². The van der Waals surface area contributed by atoms with E-state index in [1.807, 2.05) is 0 Å². The molecule has 0 aliphatic rings. The standard InChI is InChI=1S/C28H39N3O8.Na/c1-4-24(32)29-13-7-10-16-37-22-19-21(28(35)36)20-23(38-17-11-8-14-30-25(33)5-2)27(22)39-18-12-9-15-31-26(34)6-3;/h4-6,19-20H,1-3,7-18H2,(H,29,32)(H,30,33)(H,31,34)(H,35,36);/q;+1/p-1. The Labute approximate surface area is 257 Å². The topological polar surface area (TPSA) is 155 Å². The minimum absolute atomic E-state index is 0. The van der Waals surface area contributed by atoms with Crippen LogP contribution in [-0.2, 0) is 14.4 Å². The molecule has 0 fully saturated rings. The van der Waals surface area contributed by atoms with E-state index in [-0.39, 0.29) is 89.9 Å². The third-order valence-corrected chi connectivity index (χ3v) is 5.19. The number of hydrogen-bond donors (Lipinski definition) is 3. The Bertz CT molecular complexity index is 947. The molecule has 0 bridgehead atoms. The van der Waals surface area contributed by atoms with Crippen LogP contribution in [-0.4, -0.2) is 63.1 Å². The smallest absolute Gasteiger partial charge is 0.545 e. The molecule has 0 atom stereocenters. The second-order valence-corrected chi connectivity index (χ2v) is 8.24. The molecule has 0 saturated heterocycles. The Morgan fingerprint density at radius 3 is 1.32 bits per heavy atom. The largest absolute Gasteiger partial charge is 1.00 e. The van der Waals surface area contributed by atoms with Crippen LogP contribution in [0.2, 0.25) is 0 Å². The molecule has 12 heteroatoms. The van der Waals surface area contributed by atoms with E-state index < -0.39 is 5.97 Å². The molecular weight excluding hydrogens is 529 g/mol. The molecule has 3 N–H and O–H groups in total. The molecular formula is C28H38N3NaO8. The third-order valence-electron chi connectivity index (χ3n) is 5.19. The van der Waals surface area contributed by atoms with Crippen molar-refractivity contribution in [3.8, 4) is 17.2 Å². The number of carbonyl (C=O) groups is 4. The van der Waals surface area contributed by atoms with E-state index in [1.165, 1.54) is 30.4 Å². The van der Waals surface area contributed by atoms with Crippen molar-refractivity contribution in [2.24, 2.45) is 0 Å². The SMILES string of the molecule is C=CC(=O)NCCCCOc1cc(C(=O)[O-])cc(OCCCCNC(=O)C=C)c1OCCCCNC(=O)C=C.[Na+]. The molecule has 1 rings (SSSR count). The average molecular weight is 568 g/mol. The Morgan fingerprint density at radius 1 is 0.650 bits per heavy atom. The maximum absolute atomic E-state index is 11.6. The van der Waals surface area contributed by atoms with Crippen LogP contribution in [0.15, 0.2) is 50.1 Å². The second-order valence-electron chi connectivity index (χ2n) is 8.24. The van der Waals surface area contributed by atoms with Crippen LogP contribution in [0.25, 0.3) is 0 Å². The number of carbonyl (C=O) groups excluding carboxylic acids is 4. The Hall–Kier alpha value is -3.28. The van der Waals surface area contributed by atoms with Crippen molar-refractivity contribution in [2.75, 3.05) is 39.5 Å². The van der Waals surface area contributed by atoms with Crippen LogP contribution in [0.3, 0.4) is 0 Å². The Kier molecular flexibility index (Phi) is 20.7. The van der Waals surface area contributed by atoms with Crippen LogP contribution in [0.5, 0.6) is 17.2 Å². The number of rotatable bonds is 22. The summed E-state index contributed by atoms with van der Waals surface area (Å²) in [6, 6.07) is 2.65. The van der Waals surface area contributed by atoms with Gasteiger partial charge in [0.15, 0.2) is 11.5 Å². The number of amides is 3. The van der Waals surface area contributed by atoms with Gasteiger partial charge in [-0.15, -0.1) is 0 Å². The Morgan fingerprint density at radius 2 is 1.00 bits per heavy atom. The molecule has 0 aliphatic carbocycles. The van der Waals surface area contributed by atoms with Crippen molar-refractivity contribution >= 4 is 23.7 Å². The molecule has 1 aromatic carbocycles. The van der Waals surface area contributed by atoms with Gasteiger partial charge in [-0.3, -0.25) is 14.4 Å². The predicted octanol–water partition coefficient (Wildman–Crippen LogP) is -1.56. The van der Waals surface area contributed by atoms with E-state index in [1.54, 1.807) is 0 Å². The van der Waals surface area contributed by atoms with Crippen molar-refractivity contribution in [2.45, 2.75) is 38.5 Å². The Balaban J connectivity index is 0.0000152. The van der Waals surface area contributed by atoms with Gasteiger partial charge in [0.1, 0.15) is 0 Å². The summed E-state index contributed by atoms with van der Waals surface area (Å²) in [4.78, 5) is 45.4. The number of unbranched alkanes of at least 4 members (excludes halogenated alkanes) is 3. The van der Waals surface area contributed by atoms with Gasteiger partial charge >= 0.3 is 29.6 Å². The van der Waals surface area contributed by atoms with Gasteiger partial charge in [-0.2, -0.15) is 0 Å². The van der Waals surface area contributed by atoms with Gasteiger partial charge in [-0.05, 0) is 68.9 Å². The first-order chi connectivity index (χ1) is 18.8. The molecule has 0 spiro atoms. The molecule has 0 heterocycles. The van der Waals surface area contributed by atoms with Crippen molar-refractivity contribution in [3.05, 3.63) is 55.7 Å². The van der Waals surface area contributed by atoms with Gasteiger partial charge in [0.05, 0.1) is 25.8 Å². The maximum atomic E-state index is 11.6. The van der Waals surface area contributed by atoms with Crippen LogP contribution in [0.1, 0.15) is 48.9 Å². The minimum atomic E-state index is -1.39. The van der Waals surface area contributed by atoms with Crippen LogP contribution >= 0.6 is 0 Å². The van der Waals surface area contributed by atoms with E-state index in [4.69, 9.17) is 14.2 Å². The summed E-state index contributed by atoms with van der Waals surface area (Å²) in [5.41, 5.74) is -0.129. The molecule has 40 heavy (non-hydrogen) atoms. The molecule has 0 aromatic heterocycles. The number of carboxylic acid groups (broad SMARTS) is 1. The minimum Gasteiger partial charge on any atom is -0.545 e. The van der Waals surface area contributed by atoms with Crippen molar-refractivity contribution in [3.63, 3.8) is 0 Å². The summed E-state index contributed by atoms with van der Waals surface area (Å²) in [6.07, 6.45) is 7.28. The molecule has 0 radical (unpaired) electrons. The van der Waals surface area contributed by atoms with Crippen molar-refractivity contribution in [1.29, 1.82) is 0 Å². The van der Waals surface area contributed by atoms with Gasteiger partial charge in [0.2, 0.25) is 23.5 Å². The van der Waals surface area contributed by atoms with E-state index in [0.29, 0.717) is 58.2 Å². The summed E-state index contributed by atoms with van der Waals surface area (Å²) >= 11 is 0. The van der Waals surface area contributed by atoms with Gasteiger partial charge in [-0.25, -0.2) is 0 Å². The molecule has 0 aliphatic heterocycles. The first-order valence-corrected chi connectivity index (χ1v) is 12.8. The zero-order valence-electron chi connectivity index (χ0n) is 23.3. The van der Waals surface area contributed by atoms with Crippen LogP contribution in [0.4, 0.5) is 0 Å². The predicted molar refractivity (Wildman–Crippen MR) is 145 cm³/mol. The fraction of sp³-hybridized carbons (Fsp3) is 0.429. The number of aromatic carboxylic acids is 1. The van der Waals surface area contributed by atoms with Crippen LogP contribution in [0, 0.1) is 0 Å². The number of carboxylic acids is 1.